The maximum Gasteiger partial charge on any atom is 0.251 e. The van der Waals surface area contributed by atoms with Crippen molar-refractivity contribution in [2.24, 2.45) is 0 Å². The second-order valence-electron chi connectivity index (χ2n) is 6.52. The average molecular weight is 366 g/mol. The Balaban J connectivity index is 1.63. The SMILES string of the molecule is COc1ccc(CC(=O)N2CCCC(Oc3nccnc3C#N)C2)cc1C. The Morgan fingerprint density at radius 3 is 2.93 bits per heavy atom. The van der Waals surface area contributed by atoms with Gasteiger partial charge in [-0.2, -0.15) is 5.26 Å². The fourth-order valence-electron chi connectivity index (χ4n) is 3.24. The van der Waals surface area contributed by atoms with Crippen LogP contribution in [0.5, 0.6) is 11.6 Å². The first-order valence-electron chi connectivity index (χ1n) is 8.89. The number of methoxy groups -OCH3 is 1. The Hall–Kier alpha value is -3.14. The van der Waals surface area contributed by atoms with Crippen molar-refractivity contribution < 1.29 is 14.3 Å². The molecule has 0 bridgehead atoms. The van der Waals surface area contributed by atoms with Gasteiger partial charge in [-0.05, 0) is 37.0 Å². The summed E-state index contributed by atoms with van der Waals surface area (Å²) in [5.41, 5.74) is 2.13. The van der Waals surface area contributed by atoms with Crippen molar-refractivity contribution in [1.82, 2.24) is 14.9 Å². The van der Waals surface area contributed by atoms with E-state index in [1.54, 1.807) is 7.11 Å². The van der Waals surface area contributed by atoms with E-state index in [1.165, 1.54) is 12.4 Å². The average Bonchev–Trinajstić information content (AvgIpc) is 2.69. The first-order chi connectivity index (χ1) is 13.1. The molecule has 1 atom stereocenters. The number of rotatable bonds is 5. The Kier molecular flexibility index (Phi) is 5.87. The monoisotopic (exact) mass is 366 g/mol. The first kappa shape index (κ1) is 18.6. The number of carbonyl (C=O) groups is 1. The minimum Gasteiger partial charge on any atom is -0.496 e. The first-order valence-corrected chi connectivity index (χ1v) is 8.89. The zero-order valence-corrected chi connectivity index (χ0v) is 15.5. The number of hydrogen-bond donors (Lipinski definition) is 0. The summed E-state index contributed by atoms with van der Waals surface area (Å²) in [5, 5.41) is 9.11. The Morgan fingerprint density at radius 1 is 1.37 bits per heavy atom. The molecular weight excluding hydrogens is 344 g/mol. The van der Waals surface area contributed by atoms with Crippen LogP contribution in [-0.4, -0.2) is 47.1 Å². The maximum atomic E-state index is 12.7. The van der Waals surface area contributed by atoms with Gasteiger partial charge in [0.15, 0.2) is 0 Å². The molecule has 1 aromatic heterocycles. The molecule has 0 N–H and O–H groups in total. The van der Waals surface area contributed by atoms with E-state index < -0.39 is 0 Å². The molecule has 27 heavy (non-hydrogen) atoms. The van der Waals surface area contributed by atoms with Gasteiger partial charge < -0.3 is 14.4 Å². The van der Waals surface area contributed by atoms with Gasteiger partial charge in [0.2, 0.25) is 11.6 Å². The zero-order valence-electron chi connectivity index (χ0n) is 15.5. The zero-order chi connectivity index (χ0) is 19.2. The topological polar surface area (TPSA) is 88.3 Å². The number of nitriles is 1. The number of amides is 1. The second-order valence-corrected chi connectivity index (χ2v) is 6.52. The summed E-state index contributed by atoms with van der Waals surface area (Å²) in [6.45, 7) is 3.15. The van der Waals surface area contributed by atoms with Crippen LogP contribution in [0.15, 0.2) is 30.6 Å². The van der Waals surface area contributed by atoms with Crippen molar-refractivity contribution in [3.63, 3.8) is 0 Å². The summed E-state index contributed by atoms with van der Waals surface area (Å²) in [6.07, 6.45) is 4.76. The summed E-state index contributed by atoms with van der Waals surface area (Å²) in [5.74, 6) is 1.10. The molecule has 1 saturated heterocycles. The third kappa shape index (κ3) is 4.53. The van der Waals surface area contributed by atoms with Crippen molar-refractivity contribution in [1.29, 1.82) is 5.26 Å². The molecule has 140 valence electrons. The Morgan fingerprint density at radius 2 is 2.19 bits per heavy atom. The van der Waals surface area contributed by atoms with Crippen molar-refractivity contribution >= 4 is 5.91 Å². The lowest BCUT2D eigenvalue weighted by molar-refractivity contribution is -0.133. The highest BCUT2D eigenvalue weighted by Gasteiger charge is 2.26. The predicted octanol–water partition coefficient (Wildman–Crippen LogP) is 2.28. The number of aryl methyl sites for hydroxylation is 1. The summed E-state index contributed by atoms with van der Waals surface area (Å²) in [4.78, 5) is 22.6. The highest BCUT2D eigenvalue weighted by Crippen LogP contribution is 2.21. The summed E-state index contributed by atoms with van der Waals surface area (Å²) in [6, 6.07) is 7.76. The number of carbonyl (C=O) groups excluding carboxylic acids is 1. The largest absolute Gasteiger partial charge is 0.496 e. The molecule has 7 nitrogen and oxygen atoms in total. The fourth-order valence-corrected chi connectivity index (χ4v) is 3.24. The van der Waals surface area contributed by atoms with Crippen LogP contribution in [-0.2, 0) is 11.2 Å². The number of likely N-dealkylation sites (tertiary alicyclic amines) is 1. The number of ether oxygens (including phenoxy) is 2. The quantitative estimate of drug-likeness (QED) is 0.807. The standard InChI is InChI=1S/C20H22N4O3/c1-14-10-15(5-6-18(14)26-2)11-19(25)24-9-3-4-16(13-24)27-20-17(12-21)22-7-8-23-20/h5-8,10,16H,3-4,9,11,13H2,1-2H3. The maximum absolute atomic E-state index is 12.7. The van der Waals surface area contributed by atoms with E-state index in [-0.39, 0.29) is 23.6 Å². The van der Waals surface area contributed by atoms with E-state index >= 15 is 0 Å². The van der Waals surface area contributed by atoms with Gasteiger partial charge in [0.25, 0.3) is 5.88 Å². The van der Waals surface area contributed by atoms with E-state index in [2.05, 4.69) is 9.97 Å². The molecule has 0 radical (unpaired) electrons. The van der Waals surface area contributed by atoms with Gasteiger partial charge in [-0.25, -0.2) is 9.97 Å². The van der Waals surface area contributed by atoms with Crippen LogP contribution in [0.4, 0.5) is 0 Å². The normalized spacial score (nSPS) is 16.5. The van der Waals surface area contributed by atoms with Crippen molar-refractivity contribution in [3.05, 3.63) is 47.4 Å². The molecule has 1 aliphatic heterocycles. The highest BCUT2D eigenvalue weighted by atomic mass is 16.5. The Labute approximate surface area is 158 Å². The number of aromatic nitrogens is 2. The van der Waals surface area contributed by atoms with Crippen LogP contribution in [0, 0.1) is 18.3 Å². The minimum absolute atomic E-state index is 0.0625. The van der Waals surface area contributed by atoms with Gasteiger partial charge in [-0.15, -0.1) is 0 Å². The van der Waals surface area contributed by atoms with E-state index in [0.29, 0.717) is 19.5 Å². The lowest BCUT2D eigenvalue weighted by Crippen LogP contribution is -2.45. The van der Waals surface area contributed by atoms with Crippen molar-refractivity contribution in [2.75, 3.05) is 20.2 Å². The van der Waals surface area contributed by atoms with Crippen LogP contribution >= 0.6 is 0 Å². The number of benzene rings is 1. The molecule has 2 aromatic rings. The number of nitrogens with zero attached hydrogens (tertiary/aromatic N) is 4. The van der Waals surface area contributed by atoms with E-state index in [1.807, 2.05) is 36.1 Å². The summed E-state index contributed by atoms with van der Waals surface area (Å²) < 4.78 is 11.1. The van der Waals surface area contributed by atoms with Gasteiger partial charge in [0, 0.05) is 18.9 Å². The summed E-state index contributed by atoms with van der Waals surface area (Å²) >= 11 is 0. The van der Waals surface area contributed by atoms with Gasteiger partial charge in [-0.1, -0.05) is 12.1 Å². The second kappa shape index (κ2) is 8.49. The molecule has 0 aliphatic carbocycles. The number of hydrogen-bond acceptors (Lipinski definition) is 6. The Bertz CT molecular complexity index is 863. The predicted molar refractivity (Wildman–Crippen MR) is 98.4 cm³/mol. The fraction of sp³-hybridized carbons (Fsp3) is 0.400. The third-order valence-corrected chi connectivity index (χ3v) is 4.59. The van der Waals surface area contributed by atoms with Gasteiger partial charge in [-0.3, -0.25) is 4.79 Å². The van der Waals surface area contributed by atoms with Gasteiger partial charge in [0.1, 0.15) is 17.9 Å². The van der Waals surface area contributed by atoms with Crippen molar-refractivity contribution in [3.8, 4) is 17.7 Å². The molecule has 0 saturated carbocycles. The molecule has 3 rings (SSSR count). The lowest BCUT2D eigenvalue weighted by atomic mass is 10.0. The van der Waals surface area contributed by atoms with Crippen LogP contribution in [0.2, 0.25) is 0 Å². The van der Waals surface area contributed by atoms with E-state index in [4.69, 9.17) is 14.7 Å². The smallest absolute Gasteiger partial charge is 0.251 e. The van der Waals surface area contributed by atoms with E-state index in [0.717, 1.165) is 29.7 Å². The molecule has 0 spiro atoms. The van der Waals surface area contributed by atoms with Crippen LogP contribution in [0.25, 0.3) is 0 Å². The van der Waals surface area contributed by atoms with Gasteiger partial charge in [0.05, 0.1) is 20.1 Å². The minimum atomic E-state index is -0.191. The molecule has 1 unspecified atom stereocenters. The number of piperidine rings is 1. The van der Waals surface area contributed by atoms with Crippen molar-refractivity contribution in [2.45, 2.75) is 32.3 Å². The highest BCUT2D eigenvalue weighted by molar-refractivity contribution is 5.79. The molecule has 1 aromatic carbocycles. The molecule has 2 heterocycles. The van der Waals surface area contributed by atoms with Gasteiger partial charge >= 0.3 is 0 Å². The molecule has 7 heteroatoms. The summed E-state index contributed by atoms with van der Waals surface area (Å²) in [7, 11) is 1.63. The van der Waals surface area contributed by atoms with Crippen LogP contribution in [0.1, 0.15) is 29.7 Å². The molecule has 1 amide bonds. The third-order valence-electron chi connectivity index (χ3n) is 4.59. The molecule has 1 fully saturated rings. The lowest BCUT2D eigenvalue weighted by Gasteiger charge is -2.32. The van der Waals surface area contributed by atoms with E-state index in [9.17, 15) is 4.79 Å². The molecular formula is C20H22N4O3. The molecule has 1 aliphatic rings. The van der Waals surface area contributed by atoms with Crippen LogP contribution in [0.3, 0.4) is 0 Å². The van der Waals surface area contributed by atoms with Crippen LogP contribution < -0.4 is 9.47 Å².